The van der Waals surface area contributed by atoms with E-state index < -0.39 is 71.9 Å². The van der Waals surface area contributed by atoms with Gasteiger partial charge in [-0.1, -0.05) is 84.7 Å². The second kappa shape index (κ2) is 31.4. The van der Waals surface area contributed by atoms with Crippen LogP contribution in [0.25, 0.3) is 0 Å². The Kier molecular flexibility index (Phi) is 26.7. The Morgan fingerprint density at radius 1 is 0.831 bits per heavy atom. The minimum absolute atomic E-state index is 0.00729. The van der Waals surface area contributed by atoms with Crippen LogP contribution in [-0.4, -0.2) is 184 Å². The Balaban J connectivity index is 1.64. The summed E-state index contributed by atoms with van der Waals surface area (Å²) < 4.78 is 23.1. The van der Waals surface area contributed by atoms with Crippen molar-refractivity contribution in [2.45, 2.75) is 142 Å². The SMILES string of the molecule is CCCCN(C(=O)CNC(=O)[C@H](C(C)C)N(C)C)C(C(CC(=O)N1CCC[C@H]1C(OC)[C@@H](C)C(=O)N[C@@H](Cc1ccccc1)C(=O)NCCOCCOCCC(=O)ON1C(=O)CCC1=O)OC)[C@H](C)CC. The number of hydrogen-bond acceptors (Lipinski definition) is 14. The maximum Gasteiger partial charge on any atom is 0.335 e. The molecule has 8 atom stereocenters. The number of likely N-dealkylation sites (tertiary alicyclic amines) is 1. The van der Waals surface area contributed by atoms with Crippen LogP contribution in [0.15, 0.2) is 30.3 Å². The lowest BCUT2D eigenvalue weighted by atomic mass is 9.89. The molecular formula is C51H83N7O13. The Hall–Kier alpha value is -5.02. The molecule has 2 saturated heterocycles. The second-order valence-corrected chi connectivity index (χ2v) is 19.0. The molecule has 3 rings (SSSR count). The number of unbranched alkanes of at least 4 members (excludes halogenated alkanes) is 1. The van der Waals surface area contributed by atoms with Crippen molar-refractivity contribution in [3.8, 4) is 0 Å². The fourth-order valence-electron chi connectivity index (χ4n) is 9.32. The zero-order valence-corrected chi connectivity index (χ0v) is 43.9. The molecule has 400 valence electrons. The van der Waals surface area contributed by atoms with E-state index in [1.54, 1.807) is 23.8 Å². The predicted octanol–water partition coefficient (Wildman–Crippen LogP) is 2.65. The van der Waals surface area contributed by atoms with Gasteiger partial charge >= 0.3 is 5.97 Å². The van der Waals surface area contributed by atoms with Crippen molar-refractivity contribution >= 4 is 47.3 Å². The highest BCUT2D eigenvalue weighted by Crippen LogP contribution is 2.30. The summed E-state index contributed by atoms with van der Waals surface area (Å²) in [6, 6.07) is 7.04. The number of carbonyl (C=O) groups excluding carboxylic acids is 8. The predicted molar refractivity (Wildman–Crippen MR) is 264 cm³/mol. The monoisotopic (exact) mass is 1000 g/mol. The van der Waals surface area contributed by atoms with Crippen molar-refractivity contribution in [3.63, 3.8) is 0 Å². The molecule has 1 aromatic rings. The number of amides is 7. The summed E-state index contributed by atoms with van der Waals surface area (Å²) in [5.41, 5.74) is 0.833. The lowest BCUT2D eigenvalue weighted by Gasteiger charge is -2.41. The number of imide groups is 1. The topological polar surface area (TPSA) is 232 Å². The summed E-state index contributed by atoms with van der Waals surface area (Å²) in [6.07, 6.45) is 2.23. The Morgan fingerprint density at radius 2 is 1.49 bits per heavy atom. The van der Waals surface area contributed by atoms with Gasteiger partial charge in [0.2, 0.25) is 29.5 Å². The first-order valence-corrected chi connectivity index (χ1v) is 25.3. The summed E-state index contributed by atoms with van der Waals surface area (Å²) in [6.45, 7) is 13.1. The standard InChI is InChI=1S/C51H83N7O13/c1-11-13-25-57(44(62)33-53-51(66)46(34(3)4)55(7)8)47(35(5)12-2)40(67-9)32-43(61)56-26-17-20-39(56)48(68-10)36(6)49(64)54-38(31-37-18-15-14-16-19-37)50(65)52-24-28-70-30-29-69-27-23-45(63)71-58-41(59)21-22-42(58)60/h14-16,18-19,34-36,38-40,46-48H,11-13,17,20-33H2,1-10H3,(H,52,65)(H,53,66)(H,54,64)/t35-,36-,38+,39+,40?,46+,47?,48?/m1/s1. The number of nitrogens with one attached hydrogen (secondary N) is 3. The number of ether oxygens (including phenoxy) is 4. The van der Waals surface area contributed by atoms with Gasteiger partial charge in [0, 0.05) is 53.1 Å². The molecule has 1 aromatic carbocycles. The molecule has 71 heavy (non-hydrogen) atoms. The molecule has 0 bridgehead atoms. The van der Waals surface area contributed by atoms with Crippen LogP contribution >= 0.6 is 0 Å². The highest BCUT2D eigenvalue weighted by atomic mass is 16.7. The number of carbonyl (C=O) groups is 8. The van der Waals surface area contributed by atoms with Crippen molar-refractivity contribution in [2.75, 3.05) is 80.9 Å². The van der Waals surface area contributed by atoms with Crippen molar-refractivity contribution in [2.24, 2.45) is 17.8 Å². The van der Waals surface area contributed by atoms with Crippen LogP contribution in [0, 0.1) is 17.8 Å². The first-order valence-electron chi connectivity index (χ1n) is 25.3. The van der Waals surface area contributed by atoms with Crippen LogP contribution < -0.4 is 16.0 Å². The van der Waals surface area contributed by atoms with Gasteiger partial charge < -0.3 is 49.5 Å². The van der Waals surface area contributed by atoms with Gasteiger partial charge in [-0.2, -0.15) is 0 Å². The highest BCUT2D eigenvalue weighted by Gasteiger charge is 2.43. The van der Waals surface area contributed by atoms with Crippen LogP contribution in [0.1, 0.15) is 105 Å². The van der Waals surface area contributed by atoms with E-state index in [-0.39, 0.29) is 101 Å². The van der Waals surface area contributed by atoms with Gasteiger partial charge in [0.05, 0.1) is 82.1 Å². The van der Waals surface area contributed by atoms with Gasteiger partial charge in [0.1, 0.15) is 6.04 Å². The molecule has 7 amide bonds. The minimum atomic E-state index is -0.948. The van der Waals surface area contributed by atoms with Gasteiger partial charge in [0.15, 0.2) is 0 Å². The minimum Gasteiger partial charge on any atom is -0.379 e. The average Bonchev–Trinajstić information content (AvgIpc) is 3.95. The molecule has 0 aliphatic carbocycles. The fourth-order valence-corrected chi connectivity index (χ4v) is 9.32. The van der Waals surface area contributed by atoms with Crippen molar-refractivity contribution in [3.05, 3.63) is 35.9 Å². The van der Waals surface area contributed by atoms with E-state index in [0.29, 0.717) is 37.4 Å². The van der Waals surface area contributed by atoms with Gasteiger partial charge in [-0.25, -0.2) is 4.79 Å². The van der Waals surface area contributed by atoms with E-state index in [1.165, 1.54) is 7.11 Å². The van der Waals surface area contributed by atoms with E-state index in [4.69, 9.17) is 23.8 Å². The lowest BCUT2D eigenvalue weighted by molar-refractivity contribution is -0.198. The van der Waals surface area contributed by atoms with Crippen LogP contribution in [0.5, 0.6) is 0 Å². The van der Waals surface area contributed by atoms with Crippen molar-refractivity contribution in [1.82, 2.24) is 35.7 Å². The number of hydrogen-bond donors (Lipinski definition) is 3. The maximum absolute atomic E-state index is 14.5. The number of hydroxylamine groups is 2. The van der Waals surface area contributed by atoms with Crippen LogP contribution in [0.4, 0.5) is 0 Å². The van der Waals surface area contributed by atoms with E-state index in [2.05, 4.69) is 16.0 Å². The molecule has 3 N–H and O–H groups in total. The second-order valence-electron chi connectivity index (χ2n) is 19.0. The highest BCUT2D eigenvalue weighted by molar-refractivity contribution is 6.01. The van der Waals surface area contributed by atoms with E-state index in [9.17, 15) is 38.4 Å². The molecule has 20 heteroatoms. The number of benzene rings is 1. The van der Waals surface area contributed by atoms with Crippen molar-refractivity contribution in [1.29, 1.82) is 0 Å². The van der Waals surface area contributed by atoms with Crippen LogP contribution in [0.3, 0.4) is 0 Å². The van der Waals surface area contributed by atoms with Crippen molar-refractivity contribution < 1.29 is 62.1 Å². The molecule has 2 heterocycles. The number of likely N-dealkylation sites (N-methyl/N-ethyl adjacent to an activating group) is 1. The van der Waals surface area contributed by atoms with Crippen LogP contribution in [0.2, 0.25) is 0 Å². The number of methoxy groups -OCH3 is 2. The fraction of sp³-hybridized carbons (Fsp3) is 0.725. The molecule has 3 unspecified atom stereocenters. The summed E-state index contributed by atoms with van der Waals surface area (Å²) in [5, 5.41) is 9.15. The molecular weight excluding hydrogens is 919 g/mol. The van der Waals surface area contributed by atoms with Gasteiger partial charge in [0.25, 0.3) is 11.8 Å². The summed E-state index contributed by atoms with van der Waals surface area (Å²) in [5.74, 6) is -4.16. The molecule has 2 aliphatic heterocycles. The summed E-state index contributed by atoms with van der Waals surface area (Å²) in [7, 11) is 6.74. The molecule has 0 aromatic heterocycles. The normalized spacial score (nSPS) is 17.9. The third-order valence-corrected chi connectivity index (χ3v) is 13.2. The molecule has 2 aliphatic rings. The quantitative estimate of drug-likeness (QED) is 0.0680. The molecule has 20 nitrogen and oxygen atoms in total. The Labute approximate surface area is 420 Å². The van der Waals surface area contributed by atoms with E-state index in [0.717, 1.165) is 18.4 Å². The Bertz CT molecular complexity index is 1850. The molecule has 0 saturated carbocycles. The summed E-state index contributed by atoms with van der Waals surface area (Å²) in [4.78, 5) is 115. The molecule has 0 radical (unpaired) electrons. The first-order chi connectivity index (χ1) is 33.9. The first kappa shape index (κ1) is 60.3. The lowest BCUT2D eigenvalue weighted by Crippen LogP contribution is -2.57. The number of nitrogens with zero attached hydrogens (tertiary/aromatic N) is 4. The zero-order chi connectivity index (χ0) is 52.6. The van der Waals surface area contributed by atoms with Gasteiger partial charge in [-0.3, -0.25) is 38.5 Å². The number of rotatable bonds is 33. The largest absolute Gasteiger partial charge is 0.379 e. The maximum atomic E-state index is 14.5. The average molecular weight is 1000 g/mol. The Morgan fingerprint density at radius 3 is 2.08 bits per heavy atom. The third-order valence-electron chi connectivity index (χ3n) is 13.2. The molecule has 2 fully saturated rings. The van der Waals surface area contributed by atoms with Crippen LogP contribution in [-0.2, 0) is 68.6 Å². The zero-order valence-electron chi connectivity index (χ0n) is 43.9. The van der Waals surface area contributed by atoms with E-state index in [1.807, 2.05) is 83.9 Å². The summed E-state index contributed by atoms with van der Waals surface area (Å²) >= 11 is 0. The van der Waals surface area contributed by atoms with Gasteiger partial charge in [-0.15, -0.1) is 5.06 Å². The van der Waals surface area contributed by atoms with E-state index >= 15 is 0 Å². The smallest absolute Gasteiger partial charge is 0.335 e. The van der Waals surface area contributed by atoms with Gasteiger partial charge in [-0.05, 0) is 50.8 Å². The third kappa shape index (κ3) is 18.8. The molecule has 0 spiro atoms.